The first kappa shape index (κ1) is 14.2. The average Bonchev–Trinajstić information content (AvgIpc) is 2.47. The van der Waals surface area contributed by atoms with Crippen LogP contribution in [0.25, 0.3) is 5.57 Å². The first-order chi connectivity index (χ1) is 10.1. The molecule has 2 aromatic rings. The van der Waals surface area contributed by atoms with Gasteiger partial charge in [-0.3, -0.25) is 4.79 Å². The van der Waals surface area contributed by atoms with Crippen molar-refractivity contribution in [3.63, 3.8) is 0 Å². The van der Waals surface area contributed by atoms with E-state index in [-0.39, 0.29) is 17.5 Å². The zero-order valence-corrected chi connectivity index (χ0v) is 12.9. The fraction of sp³-hybridized carbons (Fsp3) is 0.167. The van der Waals surface area contributed by atoms with Crippen molar-refractivity contribution in [3.8, 4) is 0 Å². The zero-order chi connectivity index (χ0) is 14.8. The Kier molecular flexibility index (Phi) is 4.02. The van der Waals surface area contributed by atoms with Crippen LogP contribution in [0.2, 0.25) is 0 Å². The van der Waals surface area contributed by atoms with Gasteiger partial charge in [-0.15, -0.1) is 0 Å². The van der Waals surface area contributed by atoms with E-state index in [1.807, 2.05) is 24.3 Å². The Morgan fingerprint density at radius 2 is 1.81 bits per heavy atom. The van der Waals surface area contributed by atoms with Crippen LogP contribution in [0, 0.1) is 5.82 Å². The van der Waals surface area contributed by atoms with Crippen LogP contribution in [0.15, 0.2) is 59.1 Å². The SMILES string of the molecule is O=C1C=C(c2cccc(Br)c2)C[C@@H](c2ccc(F)cc2)C1. The number of rotatable bonds is 2. The molecule has 0 fully saturated rings. The van der Waals surface area contributed by atoms with Gasteiger partial charge in [0.25, 0.3) is 0 Å². The Morgan fingerprint density at radius 1 is 1.05 bits per heavy atom. The molecule has 0 saturated heterocycles. The smallest absolute Gasteiger partial charge is 0.156 e. The van der Waals surface area contributed by atoms with Crippen LogP contribution in [-0.4, -0.2) is 5.78 Å². The van der Waals surface area contributed by atoms with Crippen LogP contribution in [0.1, 0.15) is 29.9 Å². The molecule has 3 rings (SSSR count). The molecule has 0 unspecified atom stereocenters. The molecule has 1 aliphatic rings. The third-order valence-electron chi connectivity index (χ3n) is 3.79. The highest BCUT2D eigenvalue weighted by Gasteiger charge is 2.23. The molecule has 1 aliphatic carbocycles. The third kappa shape index (κ3) is 3.30. The Labute approximate surface area is 131 Å². The van der Waals surface area contributed by atoms with Crippen LogP contribution < -0.4 is 0 Å². The average molecular weight is 345 g/mol. The monoisotopic (exact) mass is 344 g/mol. The molecule has 0 spiro atoms. The Balaban J connectivity index is 1.90. The van der Waals surface area contributed by atoms with Crippen LogP contribution in [0.4, 0.5) is 4.39 Å². The first-order valence-corrected chi connectivity index (χ1v) is 7.66. The number of carbonyl (C=O) groups is 1. The fourth-order valence-electron chi connectivity index (χ4n) is 2.75. The van der Waals surface area contributed by atoms with Gasteiger partial charge in [0.2, 0.25) is 0 Å². The van der Waals surface area contributed by atoms with Crippen molar-refractivity contribution < 1.29 is 9.18 Å². The lowest BCUT2D eigenvalue weighted by Gasteiger charge is -2.23. The summed E-state index contributed by atoms with van der Waals surface area (Å²) in [4.78, 5) is 12.0. The van der Waals surface area contributed by atoms with Gasteiger partial charge in [-0.2, -0.15) is 0 Å². The lowest BCUT2D eigenvalue weighted by Crippen LogP contribution is -2.12. The van der Waals surface area contributed by atoms with Crippen LogP contribution >= 0.6 is 15.9 Å². The highest BCUT2D eigenvalue weighted by molar-refractivity contribution is 9.10. The number of hydrogen-bond donors (Lipinski definition) is 0. The number of benzene rings is 2. The molecule has 0 aliphatic heterocycles. The van der Waals surface area contributed by atoms with Gasteiger partial charge in [0, 0.05) is 10.9 Å². The van der Waals surface area contributed by atoms with Crippen LogP contribution in [0.5, 0.6) is 0 Å². The molecular formula is C18H14BrFO. The van der Waals surface area contributed by atoms with Gasteiger partial charge in [-0.1, -0.05) is 40.2 Å². The summed E-state index contributed by atoms with van der Waals surface area (Å²) in [5.74, 6) is 0.00581. The van der Waals surface area contributed by atoms with Gasteiger partial charge < -0.3 is 0 Å². The summed E-state index contributed by atoms with van der Waals surface area (Å²) in [5, 5.41) is 0. The molecule has 1 nitrogen and oxygen atoms in total. The predicted molar refractivity (Wildman–Crippen MR) is 85.5 cm³/mol. The molecule has 106 valence electrons. The molecular weight excluding hydrogens is 331 g/mol. The van der Waals surface area contributed by atoms with Gasteiger partial charge in [-0.05, 0) is 59.4 Å². The lowest BCUT2D eigenvalue weighted by atomic mass is 9.81. The minimum atomic E-state index is -0.247. The maximum Gasteiger partial charge on any atom is 0.156 e. The van der Waals surface area contributed by atoms with Crippen molar-refractivity contribution in [3.05, 3.63) is 76.0 Å². The minimum absolute atomic E-state index is 0.122. The largest absolute Gasteiger partial charge is 0.295 e. The third-order valence-corrected chi connectivity index (χ3v) is 4.28. The quantitative estimate of drug-likeness (QED) is 0.738. The van der Waals surface area contributed by atoms with E-state index in [4.69, 9.17) is 0 Å². The van der Waals surface area contributed by atoms with Crippen molar-refractivity contribution in [2.24, 2.45) is 0 Å². The highest BCUT2D eigenvalue weighted by atomic mass is 79.9. The van der Waals surface area contributed by atoms with Crippen molar-refractivity contribution in [1.82, 2.24) is 0 Å². The van der Waals surface area contributed by atoms with E-state index in [9.17, 15) is 9.18 Å². The van der Waals surface area contributed by atoms with Crippen molar-refractivity contribution in [1.29, 1.82) is 0 Å². The lowest BCUT2D eigenvalue weighted by molar-refractivity contribution is -0.115. The van der Waals surface area contributed by atoms with E-state index < -0.39 is 0 Å². The molecule has 0 radical (unpaired) electrons. The summed E-state index contributed by atoms with van der Waals surface area (Å²) in [6.45, 7) is 0. The second kappa shape index (κ2) is 5.94. The van der Waals surface area contributed by atoms with E-state index in [0.717, 1.165) is 27.6 Å². The maximum absolute atomic E-state index is 13.0. The summed E-state index contributed by atoms with van der Waals surface area (Å²) < 4.78 is 14.0. The highest BCUT2D eigenvalue weighted by Crippen LogP contribution is 2.36. The summed E-state index contributed by atoms with van der Waals surface area (Å²) in [5.41, 5.74) is 3.12. The Morgan fingerprint density at radius 3 is 2.52 bits per heavy atom. The zero-order valence-electron chi connectivity index (χ0n) is 11.4. The first-order valence-electron chi connectivity index (χ1n) is 6.86. The van der Waals surface area contributed by atoms with Gasteiger partial charge >= 0.3 is 0 Å². The van der Waals surface area contributed by atoms with Crippen LogP contribution in [0.3, 0.4) is 0 Å². The minimum Gasteiger partial charge on any atom is -0.295 e. The fourth-order valence-corrected chi connectivity index (χ4v) is 3.15. The van der Waals surface area contributed by atoms with Gasteiger partial charge in [0.05, 0.1) is 0 Å². The maximum atomic E-state index is 13.0. The predicted octanol–water partition coefficient (Wildman–Crippen LogP) is 5.12. The molecule has 0 N–H and O–H groups in total. The number of carbonyl (C=O) groups excluding carboxylic acids is 1. The molecule has 0 saturated carbocycles. The van der Waals surface area contributed by atoms with E-state index in [1.54, 1.807) is 18.2 Å². The molecule has 1 atom stereocenters. The number of halogens is 2. The second-order valence-corrected chi connectivity index (χ2v) is 6.22. The standard InChI is InChI=1S/C18H14BrFO/c19-16-3-1-2-13(9-16)15-8-14(10-18(21)11-15)12-4-6-17(20)7-5-12/h1-7,9,11,14H,8,10H2/t14-/m1/s1. The van der Waals surface area contributed by atoms with Crippen molar-refractivity contribution >= 4 is 27.3 Å². The van der Waals surface area contributed by atoms with Crippen molar-refractivity contribution in [2.45, 2.75) is 18.8 Å². The number of allylic oxidation sites excluding steroid dienone is 2. The second-order valence-electron chi connectivity index (χ2n) is 5.30. The molecule has 3 heteroatoms. The Bertz CT molecular complexity index is 703. The molecule has 0 bridgehead atoms. The molecule has 21 heavy (non-hydrogen) atoms. The molecule has 0 aromatic heterocycles. The van der Waals surface area contributed by atoms with E-state index in [2.05, 4.69) is 15.9 Å². The van der Waals surface area contributed by atoms with Gasteiger partial charge in [-0.25, -0.2) is 4.39 Å². The summed E-state index contributed by atoms with van der Waals surface area (Å²) in [6, 6.07) is 14.4. The van der Waals surface area contributed by atoms with E-state index in [0.29, 0.717) is 6.42 Å². The van der Waals surface area contributed by atoms with Gasteiger partial charge in [0.1, 0.15) is 5.82 Å². The Hall–Kier alpha value is -1.74. The normalized spacial score (nSPS) is 18.5. The summed E-state index contributed by atoms with van der Waals surface area (Å²) in [6.07, 6.45) is 3.03. The van der Waals surface area contributed by atoms with E-state index >= 15 is 0 Å². The molecule has 2 aromatic carbocycles. The summed E-state index contributed by atoms with van der Waals surface area (Å²) >= 11 is 3.46. The van der Waals surface area contributed by atoms with E-state index in [1.165, 1.54) is 12.1 Å². The number of hydrogen-bond acceptors (Lipinski definition) is 1. The summed E-state index contributed by atoms with van der Waals surface area (Å²) in [7, 11) is 0. The molecule has 0 heterocycles. The van der Waals surface area contributed by atoms with Crippen LogP contribution in [-0.2, 0) is 4.79 Å². The van der Waals surface area contributed by atoms with Gasteiger partial charge in [0.15, 0.2) is 5.78 Å². The van der Waals surface area contributed by atoms with Crippen molar-refractivity contribution in [2.75, 3.05) is 0 Å². The number of ketones is 1. The molecule has 0 amide bonds. The topological polar surface area (TPSA) is 17.1 Å².